The van der Waals surface area contributed by atoms with Gasteiger partial charge < -0.3 is 0 Å². The van der Waals surface area contributed by atoms with E-state index >= 15 is 0 Å². The molecule has 0 saturated carbocycles. The summed E-state index contributed by atoms with van der Waals surface area (Å²) in [6.07, 6.45) is 3.71. The topological polar surface area (TPSA) is 25.8 Å². The SMILES string of the molecule is Cc1ccnc(-c2cnc(C)s2)c1. The maximum absolute atomic E-state index is 4.29. The summed E-state index contributed by atoms with van der Waals surface area (Å²) >= 11 is 1.68. The molecule has 0 atom stereocenters. The van der Waals surface area contributed by atoms with Crippen molar-refractivity contribution in [1.82, 2.24) is 9.97 Å². The molecule has 2 rings (SSSR count). The first kappa shape index (κ1) is 8.38. The number of aromatic nitrogens is 2. The van der Waals surface area contributed by atoms with Crippen LogP contribution in [-0.4, -0.2) is 9.97 Å². The summed E-state index contributed by atoms with van der Waals surface area (Å²) in [7, 11) is 0. The molecule has 0 amide bonds. The molecule has 13 heavy (non-hydrogen) atoms. The van der Waals surface area contributed by atoms with Crippen LogP contribution in [0.1, 0.15) is 10.6 Å². The van der Waals surface area contributed by atoms with Gasteiger partial charge in [-0.15, -0.1) is 11.3 Å². The van der Waals surface area contributed by atoms with Crippen molar-refractivity contribution in [3.63, 3.8) is 0 Å². The third kappa shape index (κ3) is 1.75. The third-order valence-electron chi connectivity index (χ3n) is 1.79. The fourth-order valence-electron chi connectivity index (χ4n) is 1.15. The predicted octanol–water partition coefficient (Wildman–Crippen LogP) is 2.82. The van der Waals surface area contributed by atoms with Crippen LogP contribution in [0, 0.1) is 13.8 Å². The quantitative estimate of drug-likeness (QED) is 0.691. The molecule has 0 radical (unpaired) electrons. The van der Waals surface area contributed by atoms with Gasteiger partial charge in [0.25, 0.3) is 0 Å². The van der Waals surface area contributed by atoms with E-state index in [1.807, 2.05) is 25.4 Å². The Labute approximate surface area is 81.3 Å². The van der Waals surface area contributed by atoms with Crippen LogP contribution in [-0.2, 0) is 0 Å². The standard InChI is InChI=1S/C10H10N2S/c1-7-3-4-11-9(5-7)10-6-12-8(2)13-10/h3-6H,1-2H3. The van der Waals surface area contributed by atoms with Crippen molar-refractivity contribution in [2.45, 2.75) is 13.8 Å². The molecular weight excluding hydrogens is 180 g/mol. The molecule has 3 heteroatoms. The van der Waals surface area contributed by atoms with E-state index in [1.165, 1.54) is 5.56 Å². The molecule has 0 saturated heterocycles. The summed E-state index contributed by atoms with van der Waals surface area (Å²) in [5.74, 6) is 0. The summed E-state index contributed by atoms with van der Waals surface area (Å²) < 4.78 is 0. The van der Waals surface area contributed by atoms with Gasteiger partial charge >= 0.3 is 0 Å². The molecule has 0 aliphatic rings. The van der Waals surface area contributed by atoms with E-state index in [2.05, 4.69) is 23.0 Å². The lowest BCUT2D eigenvalue weighted by atomic mass is 10.2. The second kappa shape index (κ2) is 3.26. The average molecular weight is 190 g/mol. The zero-order valence-electron chi connectivity index (χ0n) is 7.61. The van der Waals surface area contributed by atoms with Gasteiger partial charge in [-0.1, -0.05) is 0 Å². The summed E-state index contributed by atoms with van der Waals surface area (Å²) in [6.45, 7) is 4.07. The van der Waals surface area contributed by atoms with E-state index in [0.717, 1.165) is 15.6 Å². The summed E-state index contributed by atoms with van der Waals surface area (Å²) in [6, 6.07) is 4.07. The molecule has 0 unspecified atom stereocenters. The smallest absolute Gasteiger partial charge is 0.0901 e. The van der Waals surface area contributed by atoms with Crippen LogP contribution in [0.4, 0.5) is 0 Å². The zero-order chi connectivity index (χ0) is 9.26. The number of pyridine rings is 1. The Morgan fingerprint density at radius 3 is 2.69 bits per heavy atom. The second-order valence-electron chi connectivity index (χ2n) is 2.96. The Balaban J connectivity index is 2.46. The minimum atomic E-state index is 1.02. The molecule has 0 N–H and O–H groups in total. The maximum Gasteiger partial charge on any atom is 0.0901 e. The molecule has 0 fully saturated rings. The first-order valence-corrected chi connectivity index (χ1v) is 4.93. The highest BCUT2D eigenvalue weighted by Crippen LogP contribution is 2.23. The van der Waals surface area contributed by atoms with E-state index in [0.29, 0.717) is 0 Å². The first-order chi connectivity index (χ1) is 6.25. The van der Waals surface area contributed by atoms with Crippen molar-refractivity contribution in [3.05, 3.63) is 35.1 Å². The van der Waals surface area contributed by atoms with Gasteiger partial charge in [-0.2, -0.15) is 0 Å². The fraction of sp³-hybridized carbons (Fsp3) is 0.200. The second-order valence-corrected chi connectivity index (χ2v) is 4.20. The van der Waals surface area contributed by atoms with Crippen molar-refractivity contribution in [1.29, 1.82) is 0 Å². The molecular formula is C10H10N2S. The summed E-state index contributed by atoms with van der Waals surface area (Å²) in [5, 5.41) is 1.08. The highest BCUT2D eigenvalue weighted by atomic mass is 32.1. The van der Waals surface area contributed by atoms with Gasteiger partial charge in [0.2, 0.25) is 0 Å². The van der Waals surface area contributed by atoms with Gasteiger partial charge in [-0.05, 0) is 31.5 Å². The van der Waals surface area contributed by atoms with Crippen molar-refractivity contribution in [2.75, 3.05) is 0 Å². The van der Waals surface area contributed by atoms with Crippen LogP contribution in [0.15, 0.2) is 24.5 Å². The lowest BCUT2D eigenvalue weighted by molar-refractivity contribution is 1.27. The molecule has 0 bridgehead atoms. The van der Waals surface area contributed by atoms with Crippen LogP contribution >= 0.6 is 11.3 Å². The van der Waals surface area contributed by atoms with Gasteiger partial charge in [-0.3, -0.25) is 4.98 Å². The molecule has 0 spiro atoms. The molecule has 2 aromatic rings. The van der Waals surface area contributed by atoms with Crippen molar-refractivity contribution in [3.8, 4) is 10.6 Å². The molecule has 0 aromatic carbocycles. The highest BCUT2D eigenvalue weighted by Gasteiger charge is 2.02. The lowest BCUT2D eigenvalue weighted by Gasteiger charge is -1.95. The molecule has 0 aliphatic heterocycles. The minimum Gasteiger partial charge on any atom is -0.255 e. The number of aryl methyl sites for hydroxylation is 2. The largest absolute Gasteiger partial charge is 0.255 e. The van der Waals surface area contributed by atoms with Crippen molar-refractivity contribution >= 4 is 11.3 Å². The van der Waals surface area contributed by atoms with Crippen LogP contribution in [0.5, 0.6) is 0 Å². The molecule has 0 aliphatic carbocycles. The number of rotatable bonds is 1. The Morgan fingerprint density at radius 1 is 1.23 bits per heavy atom. The first-order valence-electron chi connectivity index (χ1n) is 4.11. The lowest BCUT2D eigenvalue weighted by Crippen LogP contribution is -1.80. The molecule has 2 aromatic heterocycles. The maximum atomic E-state index is 4.29. The molecule has 2 heterocycles. The summed E-state index contributed by atoms with van der Waals surface area (Å²) in [4.78, 5) is 9.63. The van der Waals surface area contributed by atoms with Crippen LogP contribution in [0.25, 0.3) is 10.6 Å². The third-order valence-corrected chi connectivity index (χ3v) is 2.72. The van der Waals surface area contributed by atoms with Crippen LogP contribution < -0.4 is 0 Å². The molecule has 2 nitrogen and oxygen atoms in total. The Hall–Kier alpha value is -1.22. The van der Waals surface area contributed by atoms with Gasteiger partial charge in [0.1, 0.15) is 0 Å². The Morgan fingerprint density at radius 2 is 2.08 bits per heavy atom. The predicted molar refractivity (Wildman–Crippen MR) is 54.8 cm³/mol. The van der Waals surface area contributed by atoms with E-state index < -0.39 is 0 Å². The average Bonchev–Trinajstić information content (AvgIpc) is 2.52. The van der Waals surface area contributed by atoms with Gasteiger partial charge in [-0.25, -0.2) is 4.98 Å². The van der Waals surface area contributed by atoms with Gasteiger partial charge in [0.15, 0.2) is 0 Å². The van der Waals surface area contributed by atoms with E-state index in [1.54, 1.807) is 11.3 Å². The fourth-order valence-corrected chi connectivity index (χ4v) is 1.90. The van der Waals surface area contributed by atoms with E-state index in [4.69, 9.17) is 0 Å². The van der Waals surface area contributed by atoms with Crippen LogP contribution in [0.3, 0.4) is 0 Å². The minimum absolute atomic E-state index is 1.02. The normalized spacial score (nSPS) is 10.3. The van der Waals surface area contributed by atoms with E-state index in [9.17, 15) is 0 Å². The van der Waals surface area contributed by atoms with Crippen LogP contribution in [0.2, 0.25) is 0 Å². The Kier molecular flexibility index (Phi) is 2.10. The van der Waals surface area contributed by atoms with E-state index in [-0.39, 0.29) is 0 Å². The van der Waals surface area contributed by atoms with Gasteiger partial charge in [0, 0.05) is 12.4 Å². The van der Waals surface area contributed by atoms with Crippen molar-refractivity contribution < 1.29 is 0 Å². The summed E-state index contributed by atoms with van der Waals surface area (Å²) in [5.41, 5.74) is 2.25. The number of hydrogen-bond acceptors (Lipinski definition) is 3. The Bertz CT molecular complexity index is 420. The van der Waals surface area contributed by atoms with Crippen molar-refractivity contribution in [2.24, 2.45) is 0 Å². The number of hydrogen-bond donors (Lipinski definition) is 0. The zero-order valence-corrected chi connectivity index (χ0v) is 8.43. The monoisotopic (exact) mass is 190 g/mol. The number of nitrogens with zero attached hydrogens (tertiary/aromatic N) is 2. The highest BCUT2D eigenvalue weighted by molar-refractivity contribution is 7.15. The van der Waals surface area contributed by atoms with Gasteiger partial charge in [0.05, 0.1) is 15.6 Å². The number of thiazole rings is 1. The molecule has 66 valence electrons.